The Morgan fingerprint density at radius 2 is 2.28 bits per heavy atom. The molecule has 18 heavy (non-hydrogen) atoms. The van der Waals surface area contributed by atoms with Crippen molar-refractivity contribution in [1.82, 2.24) is 10.2 Å². The van der Waals surface area contributed by atoms with E-state index in [0.29, 0.717) is 35.5 Å². The van der Waals surface area contributed by atoms with Crippen LogP contribution in [0.25, 0.3) is 6.08 Å². The molecular formula is C11H9N5O2. The van der Waals surface area contributed by atoms with Crippen molar-refractivity contribution in [2.45, 2.75) is 13.3 Å². The normalized spacial score (nSPS) is 15.1. The SMILES string of the molecule is CCOC(=O)C1=CC=c2c(nnc3c2=NN=N3)C1. The van der Waals surface area contributed by atoms with Crippen LogP contribution in [-0.2, 0) is 16.0 Å². The number of rotatable bonds is 2. The third-order valence-corrected chi connectivity index (χ3v) is 2.67. The van der Waals surface area contributed by atoms with Gasteiger partial charge in [-0.2, -0.15) is 5.10 Å². The van der Waals surface area contributed by atoms with Crippen molar-refractivity contribution < 1.29 is 9.53 Å². The van der Waals surface area contributed by atoms with Crippen molar-refractivity contribution in [2.24, 2.45) is 15.4 Å². The van der Waals surface area contributed by atoms with E-state index in [1.807, 2.05) is 0 Å². The number of carbonyl (C=O) groups excluding carboxylic acids is 1. The van der Waals surface area contributed by atoms with E-state index >= 15 is 0 Å². The van der Waals surface area contributed by atoms with Crippen LogP contribution in [0.3, 0.4) is 0 Å². The molecule has 1 aromatic heterocycles. The molecule has 1 aromatic rings. The monoisotopic (exact) mass is 243 g/mol. The minimum atomic E-state index is -0.326. The van der Waals surface area contributed by atoms with E-state index in [1.54, 1.807) is 19.1 Å². The number of hydrogen-bond acceptors (Lipinski definition) is 7. The number of esters is 1. The molecular weight excluding hydrogens is 234 g/mol. The van der Waals surface area contributed by atoms with Crippen molar-refractivity contribution in [3.8, 4) is 0 Å². The first-order valence-electron chi connectivity index (χ1n) is 5.52. The lowest BCUT2D eigenvalue weighted by Crippen LogP contribution is -2.33. The summed E-state index contributed by atoms with van der Waals surface area (Å²) in [6, 6.07) is 0. The molecule has 0 saturated heterocycles. The summed E-state index contributed by atoms with van der Waals surface area (Å²) in [5.74, 6) is 0.0889. The van der Waals surface area contributed by atoms with Gasteiger partial charge in [-0.3, -0.25) is 0 Å². The van der Waals surface area contributed by atoms with Crippen LogP contribution in [0, 0.1) is 0 Å². The lowest BCUT2D eigenvalue weighted by atomic mass is 10.0. The summed E-state index contributed by atoms with van der Waals surface area (Å²) in [6.45, 7) is 2.12. The van der Waals surface area contributed by atoms with Crippen LogP contribution in [-0.4, -0.2) is 22.8 Å². The number of allylic oxidation sites excluding steroid dienone is 1. The molecule has 2 heterocycles. The van der Waals surface area contributed by atoms with Crippen molar-refractivity contribution in [3.63, 3.8) is 0 Å². The first-order chi connectivity index (χ1) is 8.79. The standard InChI is InChI=1S/C11H9N5O2/c1-2-18-11(17)6-3-4-7-8(5-6)12-14-10-9(7)13-16-15-10/h3-4H,2,5H2,1H3. The smallest absolute Gasteiger partial charge is 0.334 e. The summed E-state index contributed by atoms with van der Waals surface area (Å²) >= 11 is 0. The summed E-state index contributed by atoms with van der Waals surface area (Å²) in [5, 5.41) is 20.6. The largest absolute Gasteiger partial charge is 0.463 e. The number of nitrogens with zero attached hydrogens (tertiary/aromatic N) is 5. The zero-order valence-electron chi connectivity index (χ0n) is 9.62. The Kier molecular flexibility index (Phi) is 2.44. The number of carbonyl (C=O) groups is 1. The van der Waals surface area contributed by atoms with Crippen LogP contribution in [0.5, 0.6) is 0 Å². The second-order valence-electron chi connectivity index (χ2n) is 3.78. The van der Waals surface area contributed by atoms with Gasteiger partial charge in [0, 0.05) is 17.2 Å². The molecule has 0 bridgehead atoms. The molecule has 0 spiro atoms. The molecule has 1 aliphatic carbocycles. The van der Waals surface area contributed by atoms with Gasteiger partial charge in [0.15, 0.2) is 0 Å². The first-order valence-corrected chi connectivity index (χ1v) is 5.52. The van der Waals surface area contributed by atoms with Gasteiger partial charge in [-0.25, -0.2) is 4.79 Å². The minimum Gasteiger partial charge on any atom is -0.463 e. The Balaban J connectivity index is 2.07. The third-order valence-electron chi connectivity index (χ3n) is 2.67. The highest BCUT2D eigenvalue weighted by Gasteiger charge is 2.18. The molecule has 0 atom stereocenters. The van der Waals surface area contributed by atoms with Crippen LogP contribution < -0.4 is 10.6 Å². The van der Waals surface area contributed by atoms with E-state index in [1.165, 1.54) is 0 Å². The van der Waals surface area contributed by atoms with Crippen molar-refractivity contribution in [2.75, 3.05) is 6.61 Å². The Labute approximate surface area is 102 Å². The summed E-state index contributed by atoms with van der Waals surface area (Å²) in [7, 11) is 0. The van der Waals surface area contributed by atoms with Crippen LogP contribution >= 0.6 is 0 Å². The molecule has 0 aromatic carbocycles. The molecule has 3 rings (SSSR count). The van der Waals surface area contributed by atoms with Gasteiger partial charge in [0.05, 0.1) is 12.3 Å². The fraction of sp³-hybridized carbons (Fsp3) is 0.273. The molecule has 0 N–H and O–H groups in total. The summed E-state index contributed by atoms with van der Waals surface area (Å²) in [4.78, 5) is 11.6. The van der Waals surface area contributed by atoms with Crippen LogP contribution in [0.15, 0.2) is 27.1 Å². The molecule has 0 saturated carbocycles. The second-order valence-corrected chi connectivity index (χ2v) is 3.78. The molecule has 7 heteroatoms. The zero-order valence-corrected chi connectivity index (χ0v) is 9.62. The highest BCUT2D eigenvalue weighted by Crippen LogP contribution is 2.10. The van der Waals surface area contributed by atoms with Gasteiger partial charge in [0.2, 0.25) is 5.82 Å². The molecule has 0 amide bonds. The van der Waals surface area contributed by atoms with Crippen molar-refractivity contribution in [1.29, 1.82) is 0 Å². The second kappa shape index (κ2) is 4.10. The van der Waals surface area contributed by atoms with Gasteiger partial charge in [-0.05, 0) is 12.1 Å². The van der Waals surface area contributed by atoms with E-state index in [9.17, 15) is 4.79 Å². The quantitative estimate of drug-likeness (QED) is 0.680. The number of aromatic nitrogens is 2. The Hall–Kier alpha value is -2.44. The Morgan fingerprint density at radius 3 is 3.11 bits per heavy atom. The lowest BCUT2D eigenvalue weighted by Gasteiger charge is -2.09. The number of ether oxygens (including phenoxy) is 1. The third kappa shape index (κ3) is 1.60. The van der Waals surface area contributed by atoms with Crippen LogP contribution in [0.1, 0.15) is 12.6 Å². The van der Waals surface area contributed by atoms with E-state index in [4.69, 9.17) is 4.74 Å². The van der Waals surface area contributed by atoms with Gasteiger partial charge in [-0.15, -0.1) is 15.3 Å². The fourth-order valence-electron chi connectivity index (χ4n) is 1.83. The fourth-order valence-corrected chi connectivity index (χ4v) is 1.83. The minimum absolute atomic E-state index is 0.326. The maximum absolute atomic E-state index is 11.6. The molecule has 0 unspecified atom stereocenters. The predicted molar refractivity (Wildman–Crippen MR) is 60.2 cm³/mol. The van der Waals surface area contributed by atoms with Gasteiger partial charge in [0.1, 0.15) is 5.36 Å². The molecule has 1 aliphatic heterocycles. The molecule has 7 nitrogen and oxygen atoms in total. The zero-order chi connectivity index (χ0) is 12.5. The van der Waals surface area contributed by atoms with Crippen molar-refractivity contribution >= 4 is 17.9 Å². The van der Waals surface area contributed by atoms with Gasteiger partial charge < -0.3 is 4.74 Å². The molecule has 0 fully saturated rings. The van der Waals surface area contributed by atoms with Crippen LogP contribution in [0.2, 0.25) is 0 Å². The number of fused-ring (bicyclic) bond motifs is 3. The van der Waals surface area contributed by atoms with Gasteiger partial charge >= 0.3 is 5.97 Å². The maximum atomic E-state index is 11.6. The Morgan fingerprint density at radius 1 is 1.39 bits per heavy atom. The molecule has 0 radical (unpaired) electrons. The van der Waals surface area contributed by atoms with E-state index in [-0.39, 0.29) is 5.97 Å². The lowest BCUT2D eigenvalue weighted by molar-refractivity contribution is -0.138. The number of hydrogen-bond donors (Lipinski definition) is 0. The van der Waals surface area contributed by atoms with E-state index in [0.717, 1.165) is 5.22 Å². The van der Waals surface area contributed by atoms with Gasteiger partial charge in [-0.1, -0.05) is 12.2 Å². The van der Waals surface area contributed by atoms with E-state index in [2.05, 4.69) is 25.6 Å². The van der Waals surface area contributed by atoms with Gasteiger partial charge in [0.25, 0.3) is 0 Å². The summed E-state index contributed by atoms with van der Waals surface area (Å²) in [6.07, 6.45) is 3.88. The predicted octanol–water partition coefficient (Wildman–Crippen LogP) is -0.0654. The van der Waals surface area contributed by atoms with E-state index < -0.39 is 0 Å². The molecule has 2 aliphatic rings. The maximum Gasteiger partial charge on any atom is 0.334 e. The average Bonchev–Trinajstić information content (AvgIpc) is 2.87. The average molecular weight is 243 g/mol. The first kappa shape index (κ1) is 10.7. The Bertz CT molecular complexity index is 705. The topological polar surface area (TPSA) is 89.2 Å². The highest BCUT2D eigenvalue weighted by molar-refractivity contribution is 5.90. The summed E-state index contributed by atoms with van der Waals surface area (Å²) < 4.78 is 4.95. The summed E-state index contributed by atoms with van der Waals surface area (Å²) in [5.41, 5.74) is 1.25. The highest BCUT2D eigenvalue weighted by atomic mass is 16.5. The molecule has 90 valence electrons. The van der Waals surface area contributed by atoms with Crippen molar-refractivity contribution in [3.05, 3.63) is 27.9 Å². The van der Waals surface area contributed by atoms with Crippen LogP contribution in [0.4, 0.5) is 5.82 Å².